The number of hydrogen-bond acceptors (Lipinski definition) is 5. The molecule has 1 aliphatic rings. The highest BCUT2D eigenvalue weighted by Gasteiger charge is 2.32. The smallest absolute Gasteiger partial charge is 0.237 e. The second-order valence-electron chi connectivity index (χ2n) is 7.59. The lowest BCUT2D eigenvalue weighted by atomic mass is 10.0. The molecule has 31 heavy (non-hydrogen) atoms. The molecule has 1 heterocycles. The molecular formula is C24H26N4O3. The van der Waals surface area contributed by atoms with Gasteiger partial charge in [0, 0.05) is 25.2 Å². The number of carbonyl (C=O) groups is 2. The molecule has 160 valence electrons. The topological polar surface area (TPSA) is 96.7 Å². The summed E-state index contributed by atoms with van der Waals surface area (Å²) in [5.41, 5.74) is 4.21. The van der Waals surface area contributed by atoms with Gasteiger partial charge in [-0.2, -0.15) is 0 Å². The van der Waals surface area contributed by atoms with Crippen molar-refractivity contribution in [1.29, 1.82) is 0 Å². The first-order valence-electron chi connectivity index (χ1n) is 10.3. The van der Waals surface area contributed by atoms with E-state index in [9.17, 15) is 9.59 Å². The highest BCUT2D eigenvalue weighted by Crippen LogP contribution is 2.31. The van der Waals surface area contributed by atoms with Crippen molar-refractivity contribution < 1.29 is 14.3 Å². The number of ether oxygens (including phenoxy) is 1. The molecule has 0 aromatic heterocycles. The number of rotatable bonds is 7. The van der Waals surface area contributed by atoms with E-state index >= 15 is 0 Å². The zero-order chi connectivity index (χ0) is 21.6. The molecular weight excluding hydrogens is 392 g/mol. The molecule has 0 radical (unpaired) electrons. The van der Waals surface area contributed by atoms with Crippen LogP contribution in [0.5, 0.6) is 5.75 Å². The molecule has 7 nitrogen and oxygen atoms in total. The zero-order valence-electron chi connectivity index (χ0n) is 17.2. The summed E-state index contributed by atoms with van der Waals surface area (Å²) < 4.78 is 6.21. The third-order valence-corrected chi connectivity index (χ3v) is 5.58. The lowest BCUT2D eigenvalue weighted by Crippen LogP contribution is -2.56. The predicted octanol–water partition coefficient (Wildman–Crippen LogP) is 2.10. The number of nitrogens with one attached hydrogen (secondary N) is 2. The number of benzene rings is 3. The Morgan fingerprint density at radius 1 is 1.10 bits per heavy atom. The summed E-state index contributed by atoms with van der Waals surface area (Å²) in [5, 5.41) is 5.01. The Hall–Kier alpha value is -3.42. The van der Waals surface area contributed by atoms with E-state index in [2.05, 4.69) is 22.9 Å². The van der Waals surface area contributed by atoms with Gasteiger partial charge in [0.2, 0.25) is 11.8 Å². The molecule has 3 aromatic carbocycles. The minimum absolute atomic E-state index is 0.00725. The molecule has 0 saturated carbocycles. The van der Waals surface area contributed by atoms with Gasteiger partial charge in [-0.05, 0) is 22.4 Å². The fourth-order valence-corrected chi connectivity index (χ4v) is 3.96. The van der Waals surface area contributed by atoms with Crippen molar-refractivity contribution in [3.63, 3.8) is 0 Å². The molecule has 1 saturated heterocycles. The SMILES string of the molecule is NNC(=O)CC1C(=O)NCCN1Cc1c(OCc2ccccc2)ccc2ccccc12. The molecule has 2 amide bonds. The average molecular weight is 418 g/mol. The van der Waals surface area contributed by atoms with Crippen molar-refractivity contribution in [1.82, 2.24) is 15.6 Å². The largest absolute Gasteiger partial charge is 0.489 e. The third kappa shape index (κ3) is 4.84. The first-order valence-corrected chi connectivity index (χ1v) is 10.3. The maximum atomic E-state index is 12.5. The van der Waals surface area contributed by atoms with Crippen LogP contribution in [-0.4, -0.2) is 35.8 Å². The summed E-state index contributed by atoms with van der Waals surface area (Å²) in [6.07, 6.45) is 0.00725. The van der Waals surface area contributed by atoms with Crippen molar-refractivity contribution in [3.05, 3.63) is 77.9 Å². The van der Waals surface area contributed by atoms with Gasteiger partial charge < -0.3 is 10.1 Å². The number of fused-ring (bicyclic) bond motifs is 1. The van der Waals surface area contributed by atoms with Crippen LogP contribution < -0.4 is 21.3 Å². The summed E-state index contributed by atoms with van der Waals surface area (Å²) in [6.45, 7) is 2.10. The molecule has 4 N–H and O–H groups in total. The molecule has 0 bridgehead atoms. The molecule has 0 spiro atoms. The maximum Gasteiger partial charge on any atom is 0.237 e. The van der Waals surface area contributed by atoms with Gasteiger partial charge in [-0.1, -0.05) is 60.7 Å². The van der Waals surface area contributed by atoms with Crippen molar-refractivity contribution in [2.75, 3.05) is 13.1 Å². The number of hydrogen-bond donors (Lipinski definition) is 3. The standard InChI is InChI=1S/C24H26N4O3/c25-27-23(29)14-21-24(30)26-12-13-28(21)15-20-19-9-5-4-8-18(19)10-11-22(20)31-16-17-6-2-1-3-7-17/h1-11,21H,12-16,25H2,(H,26,30)(H,27,29). The highest BCUT2D eigenvalue weighted by molar-refractivity contribution is 5.89. The fraction of sp³-hybridized carbons (Fsp3) is 0.250. The van der Waals surface area contributed by atoms with Crippen molar-refractivity contribution in [3.8, 4) is 5.75 Å². The summed E-state index contributed by atoms with van der Waals surface area (Å²) >= 11 is 0. The second-order valence-corrected chi connectivity index (χ2v) is 7.59. The van der Waals surface area contributed by atoms with E-state index in [4.69, 9.17) is 10.6 Å². The van der Waals surface area contributed by atoms with Crippen LogP contribution in [0.1, 0.15) is 17.5 Å². The Balaban J connectivity index is 1.65. The van der Waals surface area contributed by atoms with Crippen LogP contribution in [0.3, 0.4) is 0 Å². The van der Waals surface area contributed by atoms with Crippen molar-refractivity contribution in [2.24, 2.45) is 5.84 Å². The summed E-state index contributed by atoms with van der Waals surface area (Å²) in [6, 6.07) is 21.5. The van der Waals surface area contributed by atoms with Gasteiger partial charge in [-0.15, -0.1) is 0 Å². The van der Waals surface area contributed by atoms with Gasteiger partial charge in [0.25, 0.3) is 0 Å². The number of nitrogens with two attached hydrogens (primary N) is 1. The molecule has 1 unspecified atom stereocenters. The highest BCUT2D eigenvalue weighted by atomic mass is 16.5. The Labute approximate surface area is 181 Å². The molecule has 0 aliphatic carbocycles. The Kier molecular flexibility index (Phi) is 6.45. The van der Waals surface area contributed by atoms with Crippen LogP contribution in [0.2, 0.25) is 0 Å². The first kappa shape index (κ1) is 20.8. The van der Waals surface area contributed by atoms with Crippen molar-refractivity contribution in [2.45, 2.75) is 25.6 Å². The lowest BCUT2D eigenvalue weighted by Gasteiger charge is -2.35. The van der Waals surface area contributed by atoms with Gasteiger partial charge in [0.1, 0.15) is 12.4 Å². The monoisotopic (exact) mass is 418 g/mol. The first-order chi connectivity index (χ1) is 15.2. The minimum Gasteiger partial charge on any atom is -0.489 e. The van der Waals surface area contributed by atoms with Gasteiger partial charge in [0.05, 0.1) is 12.5 Å². The zero-order valence-corrected chi connectivity index (χ0v) is 17.2. The van der Waals surface area contributed by atoms with E-state index in [1.54, 1.807) is 0 Å². The van der Waals surface area contributed by atoms with E-state index in [1.165, 1.54) is 0 Å². The van der Waals surface area contributed by atoms with E-state index in [-0.39, 0.29) is 18.2 Å². The van der Waals surface area contributed by atoms with Gasteiger partial charge >= 0.3 is 0 Å². The Bertz CT molecular complexity index is 1070. The summed E-state index contributed by atoms with van der Waals surface area (Å²) in [4.78, 5) is 26.4. The molecule has 7 heteroatoms. The molecule has 4 rings (SSSR count). The number of piperazine rings is 1. The van der Waals surface area contributed by atoms with Crippen LogP contribution in [0, 0.1) is 0 Å². The quantitative estimate of drug-likeness (QED) is 0.310. The number of hydrazine groups is 1. The number of nitrogens with zero attached hydrogens (tertiary/aromatic N) is 1. The average Bonchev–Trinajstić information content (AvgIpc) is 2.81. The second kappa shape index (κ2) is 9.59. The third-order valence-electron chi connectivity index (χ3n) is 5.58. The summed E-state index contributed by atoms with van der Waals surface area (Å²) in [7, 11) is 0. The van der Waals surface area contributed by atoms with Gasteiger partial charge in [-0.25, -0.2) is 5.84 Å². The minimum atomic E-state index is -0.585. The molecule has 1 aliphatic heterocycles. The predicted molar refractivity (Wildman–Crippen MR) is 119 cm³/mol. The normalized spacial score (nSPS) is 16.7. The van der Waals surface area contributed by atoms with Gasteiger partial charge in [-0.3, -0.25) is 19.9 Å². The van der Waals surface area contributed by atoms with Crippen molar-refractivity contribution >= 4 is 22.6 Å². The van der Waals surface area contributed by atoms with Crippen LogP contribution in [0.15, 0.2) is 66.7 Å². The lowest BCUT2D eigenvalue weighted by molar-refractivity contribution is -0.134. The molecule has 1 atom stereocenters. The van der Waals surface area contributed by atoms with Crippen LogP contribution in [-0.2, 0) is 22.7 Å². The van der Waals surface area contributed by atoms with Gasteiger partial charge in [0.15, 0.2) is 0 Å². The molecule has 3 aromatic rings. The summed E-state index contributed by atoms with van der Waals surface area (Å²) in [5.74, 6) is 5.50. The van der Waals surface area contributed by atoms with Crippen LogP contribution in [0.25, 0.3) is 10.8 Å². The fourth-order valence-electron chi connectivity index (χ4n) is 3.96. The van der Waals surface area contributed by atoms with E-state index < -0.39 is 6.04 Å². The Morgan fingerprint density at radius 3 is 2.68 bits per heavy atom. The van der Waals surface area contributed by atoms with E-state index in [1.807, 2.05) is 59.5 Å². The number of amides is 2. The number of carbonyl (C=O) groups excluding carboxylic acids is 2. The molecule has 1 fully saturated rings. The van der Waals surface area contributed by atoms with Crippen LogP contribution >= 0.6 is 0 Å². The van der Waals surface area contributed by atoms with E-state index in [0.29, 0.717) is 26.2 Å². The van der Waals surface area contributed by atoms with Crippen LogP contribution in [0.4, 0.5) is 0 Å². The van der Waals surface area contributed by atoms with E-state index in [0.717, 1.165) is 27.6 Å². The Morgan fingerprint density at radius 2 is 1.87 bits per heavy atom. The maximum absolute atomic E-state index is 12.5.